The molecule has 0 fully saturated rings. The first-order valence-electron chi connectivity index (χ1n) is 4.90. The maximum atomic E-state index is 4.56. The predicted molar refractivity (Wildman–Crippen MR) is 61.8 cm³/mol. The van der Waals surface area contributed by atoms with Crippen molar-refractivity contribution in [1.29, 1.82) is 0 Å². The van der Waals surface area contributed by atoms with Crippen LogP contribution in [0.2, 0.25) is 18.1 Å². The Morgan fingerprint density at radius 3 is 1.46 bits per heavy atom. The zero-order valence-electron chi connectivity index (χ0n) is 10.4. The first-order valence-corrected chi connectivity index (χ1v) is 7.84. The van der Waals surface area contributed by atoms with E-state index in [1.807, 2.05) is 0 Å². The third-order valence-electron chi connectivity index (χ3n) is 2.44. The van der Waals surface area contributed by atoms with Crippen molar-refractivity contribution in [1.82, 2.24) is 0 Å². The van der Waals surface area contributed by atoms with Crippen LogP contribution >= 0.6 is 0 Å². The summed E-state index contributed by atoms with van der Waals surface area (Å²) in [5.41, 5.74) is -0.0322. The van der Waals surface area contributed by atoms with E-state index in [0.717, 1.165) is 0 Å². The minimum Gasteiger partial charge on any atom is -0.238 e. The highest BCUT2D eigenvalue weighted by atomic mass is 28.3. The summed E-state index contributed by atoms with van der Waals surface area (Å²) in [4.78, 5) is 0. The normalized spacial score (nSPS) is 15.4. The van der Waals surface area contributed by atoms with Crippen LogP contribution in [0, 0.1) is 0 Å². The topological polar surface area (TPSA) is 24.7 Å². The first kappa shape index (κ1) is 12.8. The van der Waals surface area contributed by atoms with Crippen molar-refractivity contribution in [3.8, 4) is 0 Å². The van der Waals surface area contributed by atoms with E-state index < -0.39 is 8.24 Å². The van der Waals surface area contributed by atoms with E-state index >= 15 is 0 Å². The monoisotopic (exact) mass is 200 g/mol. The minimum absolute atomic E-state index is 0.0322. The van der Waals surface area contributed by atoms with Gasteiger partial charge in [-0.25, -0.2) is 4.78 Å². The molecule has 3 heteroatoms. The fourth-order valence-electron chi connectivity index (χ4n) is 0.425. The molecule has 0 spiro atoms. The summed E-state index contributed by atoms with van der Waals surface area (Å²) in [5.74, 6) is 0. The molecule has 0 aliphatic heterocycles. The van der Waals surface area contributed by atoms with Crippen LogP contribution in [0.5, 0.6) is 0 Å². The van der Waals surface area contributed by atoms with E-state index in [9.17, 15) is 0 Å². The summed E-state index contributed by atoms with van der Waals surface area (Å²) in [7, 11) is -1.56. The van der Waals surface area contributed by atoms with E-state index in [1.165, 1.54) is 0 Å². The smallest absolute Gasteiger partial charge is 0.208 e. The molecular weight excluding hydrogens is 176 g/mol. The van der Waals surface area contributed by atoms with Crippen LogP contribution in [0.15, 0.2) is 9.89 Å². The number of hydrogen-bond donors (Lipinski definition) is 0. The summed E-state index contributed by atoms with van der Waals surface area (Å²) in [6.07, 6.45) is 0. The molecule has 0 aromatic carbocycles. The van der Waals surface area contributed by atoms with Gasteiger partial charge in [0.15, 0.2) is 0 Å². The third-order valence-corrected chi connectivity index (χ3v) is 6.71. The van der Waals surface area contributed by atoms with E-state index in [1.54, 1.807) is 0 Å². The highest BCUT2D eigenvalue weighted by molar-refractivity contribution is 6.78. The van der Waals surface area contributed by atoms with Crippen molar-refractivity contribution < 1.29 is 0 Å². The Labute approximate surface area is 83.9 Å². The van der Waals surface area contributed by atoms with Gasteiger partial charge >= 0.3 is 0 Å². The number of rotatable bonds is 1. The average Bonchev–Trinajstić information content (AvgIpc) is 1.79. The molecule has 0 bridgehead atoms. The van der Waals surface area contributed by atoms with Gasteiger partial charge in [0.1, 0.15) is 0 Å². The fraction of sp³-hybridized carbons (Fsp3) is 1.00. The van der Waals surface area contributed by atoms with Gasteiger partial charge in [-0.1, -0.05) is 20.8 Å². The Morgan fingerprint density at radius 1 is 0.846 bits per heavy atom. The molecule has 0 aromatic heterocycles. The van der Waals surface area contributed by atoms with Gasteiger partial charge in [0, 0.05) is 0 Å². The fourth-order valence-corrected chi connectivity index (χ4v) is 1.27. The van der Waals surface area contributed by atoms with Crippen molar-refractivity contribution >= 4 is 8.24 Å². The second kappa shape index (κ2) is 3.52. The molecule has 78 valence electrons. The Balaban J connectivity index is 4.62. The Hall–Kier alpha value is -0.183. The summed E-state index contributed by atoms with van der Waals surface area (Å²) < 4.78 is 4.56. The highest BCUT2D eigenvalue weighted by Gasteiger charge is 2.36. The lowest BCUT2D eigenvalue weighted by atomic mass is 10.1. The molecule has 0 radical (unpaired) electrons. The van der Waals surface area contributed by atoms with Crippen molar-refractivity contribution in [2.24, 2.45) is 9.89 Å². The summed E-state index contributed by atoms with van der Waals surface area (Å²) in [6, 6.07) is 0. The molecule has 13 heavy (non-hydrogen) atoms. The molecule has 0 rings (SSSR count). The second-order valence-corrected chi connectivity index (χ2v) is 11.0. The van der Waals surface area contributed by atoms with Crippen LogP contribution in [-0.4, -0.2) is 13.8 Å². The second-order valence-electron chi connectivity index (χ2n) is 6.18. The predicted octanol–water partition coefficient (Wildman–Crippen LogP) is 4.24. The lowest BCUT2D eigenvalue weighted by molar-refractivity contribution is 0.550. The molecule has 0 unspecified atom stereocenters. The van der Waals surface area contributed by atoms with Crippen molar-refractivity contribution in [3.63, 3.8) is 0 Å². The van der Waals surface area contributed by atoms with Crippen molar-refractivity contribution in [3.05, 3.63) is 0 Å². The van der Waals surface area contributed by atoms with Gasteiger partial charge < -0.3 is 0 Å². The molecule has 0 aliphatic rings. The van der Waals surface area contributed by atoms with Gasteiger partial charge in [-0.2, -0.15) is 5.11 Å². The van der Waals surface area contributed by atoms with Crippen LogP contribution in [0.3, 0.4) is 0 Å². The SMILES string of the molecule is CC(C)(C)N=N[Si](C)(C)C(C)(C)C. The van der Waals surface area contributed by atoms with E-state index in [-0.39, 0.29) is 5.54 Å². The molecule has 0 aromatic rings. The van der Waals surface area contributed by atoms with E-state index in [0.29, 0.717) is 5.04 Å². The molecule has 0 aliphatic carbocycles. The maximum absolute atomic E-state index is 4.56. The zero-order valence-corrected chi connectivity index (χ0v) is 11.4. The average molecular weight is 200 g/mol. The molecular formula is C10H24N2Si. The third kappa shape index (κ3) is 4.55. The van der Waals surface area contributed by atoms with Crippen LogP contribution in [0.25, 0.3) is 0 Å². The Morgan fingerprint density at radius 2 is 1.23 bits per heavy atom. The lowest BCUT2D eigenvalue weighted by Gasteiger charge is -2.31. The number of nitrogens with zero attached hydrogens (tertiary/aromatic N) is 2. The minimum atomic E-state index is -1.56. The Kier molecular flexibility index (Phi) is 3.47. The summed E-state index contributed by atoms with van der Waals surface area (Å²) >= 11 is 0. The molecule has 0 N–H and O–H groups in total. The molecule has 0 atom stereocenters. The van der Waals surface area contributed by atoms with Gasteiger partial charge in [-0.15, -0.1) is 0 Å². The maximum Gasteiger partial charge on any atom is 0.208 e. The standard InChI is InChI=1S/C10H24N2Si/c1-9(2,3)11-12-13(7,8)10(4,5)6/h1-8H3. The van der Waals surface area contributed by atoms with Gasteiger partial charge in [-0.3, -0.25) is 0 Å². The van der Waals surface area contributed by atoms with Gasteiger partial charge in [-0.05, 0) is 38.9 Å². The zero-order chi connectivity index (χ0) is 10.9. The van der Waals surface area contributed by atoms with Crippen molar-refractivity contribution in [2.75, 3.05) is 0 Å². The molecule has 2 nitrogen and oxygen atoms in total. The van der Waals surface area contributed by atoms with Gasteiger partial charge in [0.2, 0.25) is 8.24 Å². The Bertz CT molecular complexity index is 194. The summed E-state index contributed by atoms with van der Waals surface area (Å²) in [5, 5.41) is 4.67. The van der Waals surface area contributed by atoms with Crippen LogP contribution in [-0.2, 0) is 0 Å². The lowest BCUT2D eigenvalue weighted by Crippen LogP contribution is -2.35. The molecule has 0 saturated carbocycles. The quantitative estimate of drug-likeness (QED) is 0.447. The number of hydrogen-bond acceptors (Lipinski definition) is 2. The van der Waals surface area contributed by atoms with E-state index in [2.05, 4.69) is 64.5 Å². The molecule has 0 saturated heterocycles. The van der Waals surface area contributed by atoms with Crippen LogP contribution < -0.4 is 0 Å². The summed E-state index contributed by atoms with van der Waals surface area (Å²) in [6.45, 7) is 17.5. The largest absolute Gasteiger partial charge is 0.238 e. The van der Waals surface area contributed by atoms with Gasteiger partial charge in [0.25, 0.3) is 0 Å². The van der Waals surface area contributed by atoms with E-state index in [4.69, 9.17) is 0 Å². The van der Waals surface area contributed by atoms with Crippen LogP contribution in [0.1, 0.15) is 41.5 Å². The van der Waals surface area contributed by atoms with Gasteiger partial charge in [0.05, 0.1) is 5.54 Å². The molecule has 0 heterocycles. The van der Waals surface area contributed by atoms with Crippen molar-refractivity contribution in [2.45, 2.75) is 65.2 Å². The highest BCUT2D eigenvalue weighted by Crippen LogP contribution is 2.37. The van der Waals surface area contributed by atoms with Crippen LogP contribution in [0.4, 0.5) is 0 Å². The molecule has 0 amide bonds. The first-order chi connectivity index (χ1) is 5.46.